The molecule has 0 radical (unpaired) electrons. The molecular weight excluding hydrogens is 226 g/mol. The molecular formula is C15H9NO2. The first-order valence-electron chi connectivity index (χ1n) is 5.42. The fraction of sp³-hybridized carbons (Fsp3) is 0. The van der Waals surface area contributed by atoms with Crippen LogP contribution in [0.25, 0.3) is 21.9 Å². The van der Waals surface area contributed by atoms with E-state index in [1.807, 2.05) is 0 Å². The Morgan fingerprint density at radius 2 is 1.72 bits per heavy atom. The summed E-state index contributed by atoms with van der Waals surface area (Å²) in [7, 11) is 0. The quantitative estimate of drug-likeness (QED) is 0.370. The number of hydrogen-bond acceptors (Lipinski definition) is 3. The molecule has 3 aromatic rings. The van der Waals surface area contributed by atoms with Crippen LogP contribution in [0.1, 0.15) is 5.56 Å². The second-order valence-corrected chi connectivity index (χ2v) is 4.04. The summed E-state index contributed by atoms with van der Waals surface area (Å²) >= 11 is 0. The highest BCUT2D eigenvalue weighted by molar-refractivity contribution is 5.91. The average molecular weight is 235 g/mol. The zero-order valence-electron chi connectivity index (χ0n) is 9.44. The van der Waals surface area contributed by atoms with Crippen LogP contribution in [0.2, 0.25) is 0 Å². The van der Waals surface area contributed by atoms with Crippen LogP contribution in [0.15, 0.2) is 45.6 Å². The normalized spacial score (nSPS) is 10.6. The van der Waals surface area contributed by atoms with E-state index in [4.69, 9.17) is 16.6 Å². The third-order valence-corrected chi connectivity index (χ3v) is 2.86. The summed E-state index contributed by atoms with van der Waals surface area (Å²) in [5, 5.41) is 1.04. The van der Waals surface area contributed by atoms with E-state index in [2.05, 4.69) is 5.92 Å². The van der Waals surface area contributed by atoms with Gasteiger partial charge in [-0.05, 0) is 30.3 Å². The van der Waals surface area contributed by atoms with E-state index in [9.17, 15) is 4.79 Å². The summed E-state index contributed by atoms with van der Waals surface area (Å²) < 4.78 is 5.67. The number of benzene rings is 2. The lowest BCUT2D eigenvalue weighted by Gasteiger charge is -2.02. The van der Waals surface area contributed by atoms with Gasteiger partial charge in [-0.1, -0.05) is 5.92 Å². The van der Waals surface area contributed by atoms with Gasteiger partial charge in [-0.15, -0.1) is 6.42 Å². The van der Waals surface area contributed by atoms with Gasteiger partial charge in [-0.2, -0.15) is 0 Å². The van der Waals surface area contributed by atoms with Crippen molar-refractivity contribution in [3.63, 3.8) is 0 Å². The van der Waals surface area contributed by atoms with Crippen molar-refractivity contribution in [1.82, 2.24) is 0 Å². The number of anilines is 1. The van der Waals surface area contributed by atoms with Gasteiger partial charge in [0.1, 0.15) is 11.2 Å². The monoisotopic (exact) mass is 235 g/mol. The summed E-state index contributed by atoms with van der Waals surface area (Å²) in [5.74, 6) is 2.51. The Hall–Kier alpha value is -2.73. The lowest BCUT2D eigenvalue weighted by Crippen LogP contribution is -2.02. The molecule has 18 heavy (non-hydrogen) atoms. The maximum absolute atomic E-state index is 12.2. The van der Waals surface area contributed by atoms with Crippen LogP contribution in [-0.2, 0) is 0 Å². The van der Waals surface area contributed by atoms with Crippen molar-refractivity contribution in [2.24, 2.45) is 0 Å². The molecule has 3 rings (SSSR count). The number of hydrogen-bond donors (Lipinski definition) is 1. The van der Waals surface area contributed by atoms with E-state index in [0.29, 0.717) is 33.2 Å². The van der Waals surface area contributed by atoms with Crippen LogP contribution in [-0.4, -0.2) is 0 Å². The van der Waals surface area contributed by atoms with E-state index in [1.165, 1.54) is 0 Å². The molecule has 0 aliphatic rings. The largest absolute Gasteiger partial charge is 0.456 e. The first-order valence-corrected chi connectivity index (χ1v) is 5.42. The lowest BCUT2D eigenvalue weighted by molar-refractivity contribution is 0.660. The molecule has 0 aliphatic heterocycles. The summed E-state index contributed by atoms with van der Waals surface area (Å²) in [6, 6.07) is 10.1. The molecule has 0 amide bonds. The Morgan fingerprint density at radius 3 is 2.44 bits per heavy atom. The maximum atomic E-state index is 12.2. The van der Waals surface area contributed by atoms with Gasteiger partial charge >= 0.3 is 0 Å². The van der Waals surface area contributed by atoms with Gasteiger partial charge < -0.3 is 10.2 Å². The van der Waals surface area contributed by atoms with Gasteiger partial charge in [-0.3, -0.25) is 4.79 Å². The first kappa shape index (κ1) is 10.4. The molecule has 0 atom stereocenters. The zero-order valence-corrected chi connectivity index (χ0v) is 9.44. The van der Waals surface area contributed by atoms with Crippen molar-refractivity contribution in [2.75, 3.05) is 5.73 Å². The fourth-order valence-electron chi connectivity index (χ4n) is 1.96. The van der Waals surface area contributed by atoms with Crippen LogP contribution in [0.4, 0.5) is 5.69 Å². The lowest BCUT2D eigenvalue weighted by atomic mass is 10.1. The van der Waals surface area contributed by atoms with Crippen LogP contribution in [0.3, 0.4) is 0 Å². The van der Waals surface area contributed by atoms with E-state index in [1.54, 1.807) is 36.4 Å². The Morgan fingerprint density at radius 1 is 1.06 bits per heavy atom. The third kappa shape index (κ3) is 1.44. The van der Waals surface area contributed by atoms with Crippen molar-refractivity contribution in [3.8, 4) is 12.3 Å². The molecule has 0 unspecified atom stereocenters. The Kier molecular flexibility index (Phi) is 2.11. The van der Waals surface area contributed by atoms with E-state index in [-0.39, 0.29) is 5.43 Å². The van der Waals surface area contributed by atoms with Crippen molar-refractivity contribution in [3.05, 3.63) is 52.2 Å². The minimum Gasteiger partial charge on any atom is -0.456 e. The van der Waals surface area contributed by atoms with Gasteiger partial charge in [0.2, 0.25) is 5.43 Å². The number of rotatable bonds is 0. The first-order chi connectivity index (χ1) is 8.69. The van der Waals surface area contributed by atoms with Crippen LogP contribution >= 0.6 is 0 Å². The molecule has 0 fully saturated rings. The maximum Gasteiger partial charge on any atom is 0.200 e. The second kappa shape index (κ2) is 3.64. The number of fused-ring (bicyclic) bond motifs is 2. The third-order valence-electron chi connectivity index (χ3n) is 2.86. The molecule has 2 aromatic carbocycles. The van der Waals surface area contributed by atoms with Gasteiger partial charge in [0.25, 0.3) is 0 Å². The highest BCUT2D eigenvalue weighted by Crippen LogP contribution is 2.21. The highest BCUT2D eigenvalue weighted by Gasteiger charge is 2.07. The summed E-state index contributed by atoms with van der Waals surface area (Å²) in [6.07, 6.45) is 5.33. The summed E-state index contributed by atoms with van der Waals surface area (Å²) in [6.45, 7) is 0. The summed E-state index contributed by atoms with van der Waals surface area (Å²) in [4.78, 5) is 12.2. The molecule has 3 nitrogen and oxygen atoms in total. The molecule has 1 aromatic heterocycles. The van der Waals surface area contributed by atoms with E-state index in [0.717, 1.165) is 0 Å². The van der Waals surface area contributed by atoms with Crippen molar-refractivity contribution >= 4 is 27.6 Å². The molecule has 0 spiro atoms. The number of terminal acetylenes is 1. The Balaban J connectivity index is 2.53. The molecule has 2 N–H and O–H groups in total. The number of nitrogen functional groups attached to an aromatic ring is 1. The highest BCUT2D eigenvalue weighted by atomic mass is 16.3. The van der Waals surface area contributed by atoms with Gasteiger partial charge in [-0.25, -0.2) is 0 Å². The van der Waals surface area contributed by atoms with Gasteiger partial charge in [0.05, 0.1) is 10.8 Å². The average Bonchev–Trinajstić information content (AvgIpc) is 2.38. The SMILES string of the molecule is C#Cc1ccc2c(=O)c3ccc(N)cc3oc2c1. The van der Waals surface area contributed by atoms with E-state index >= 15 is 0 Å². The fourth-order valence-corrected chi connectivity index (χ4v) is 1.96. The molecule has 86 valence electrons. The Labute approximate surface area is 103 Å². The van der Waals surface area contributed by atoms with Gasteiger partial charge in [0, 0.05) is 17.3 Å². The van der Waals surface area contributed by atoms with Crippen molar-refractivity contribution in [2.45, 2.75) is 0 Å². The molecule has 1 heterocycles. The van der Waals surface area contributed by atoms with Crippen LogP contribution < -0.4 is 11.2 Å². The van der Waals surface area contributed by atoms with E-state index < -0.39 is 0 Å². The van der Waals surface area contributed by atoms with Crippen molar-refractivity contribution in [1.29, 1.82) is 0 Å². The smallest absolute Gasteiger partial charge is 0.200 e. The summed E-state index contributed by atoms with van der Waals surface area (Å²) in [5.41, 5.74) is 7.79. The molecule has 3 heteroatoms. The Bertz CT molecular complexity index is 869. The van der Waals surface area contributed by atoms with Crippen molar-refractivity contribution < 1.29 is 4.42 Å². The predicted octanol–water partition coefficient (Wildman–Crippen LogP) is 2.51. The zero-order chi connectivity index (χ0) is 12.7. The minimum absolute atomic E-state index is 0.0742. The van der Waals surface area contributed by atoms with Crippen LogP contribution in [0, 0.1) is 12.3 Å². The molecule has 0 saturated carbocycles. The number of nitrogens with two attached hydrogens (primary N) is 1. The minimum atomic E-state index is -0.0742. The molecule has 0 bridgehead atoms. The topological polar surface area (TPSA) is 56.2 Å². The standard InChI is InChI=1S/C15H9NO2/c1-2-9-3-5-11-13(7-9)18-14-8-10(16)4-6-12(14)15(11)17/h1,3-8H,16H2. The molecule has 0 aliphatic carbocycles. The second-order valence-electron chi connectivity index (χ2n) is 4.04. The van der Waals surface area contributed by atoms with Crippen LogP contribution in [0.5, 0.6) is 0 Å². The molecule has 0 saturated heterocycles. The van der Waals surface area contributed by atoms with Gasteiger partial charge in [0.15, 0.2) is 0 Å². The predicted molar refractivity (Wildman–Crippen MR) is 72.3 cm³/mol.